The zero-order chi connectivity index (χ0) is 17.5. The van der Waals surface area contributed by atoms with Gasteiger partial charge in [0.2, 0.25) is 11.0 Å². The molecule has 134 valence electrons. The molecule has 1 fully saturated rings. The Morgan fingerprint density at radius 2 is 2.04 bits per heavy atom. The van der Waals surface area contributed by atoms with Crippen molar-refractivity contribution in [3.8, 4) is 0 Å². The highest BCUT2D eigenvalue weighted by atomic mass is 32.2. The van der Waals surface area contributed by atoms with E-state index in [1.165, 1.54) is 41.5 Å². The number of aromatic nitrogens is 2. The summed E-state index contributed by atoms with van der Waals surface area (Å²) in [4.78, 5) is 12.2. The molecule has 0 radical (unpaired) electrons. The normalized spacial score (nSPS) is 15.9. The Bertz CT molecular complexity index is 671. The maximum absolute atomic E-state index is 12.2. The number of nitrogens with one attached hydrogen (secondary N) is 2. The van der Waals surface area contributed by atoms with E-state index < -0.39 is 0 Å². The van der Waals surface area contributed by atoms with Gasteiger partial charge in [-0.15, -0.1) is 10.2 Å². The first-order valence-corrected chi connectivity index (χ1v) is 10.5. The van der Waals surface area contributed by atoms with Crippen LogP contribution in [0.5, 0.6) is 0 Å². The van der Waals surface area contributed by atoms with Gasteiger partial charge in [-0.3, -0.25) is 4.79 Å². The molecule has 0 aliphatic heterocycles. The summed E-state index contributed by atoms with van der Waals surface area (Å²) in [6, 6.07) is 10.7. The first kappa shape index (κ1) is 18.2. The minimum Gasteiger partial charge on any atom is -0.360 e. The minimum atomic E-state index is -0.147. The third kappa shape index (κ3) is 5.71. The van der Waals surface area contributed by atoms with Crippen LogP contribution in [0, 0.1) is 0 Å². The summed E-state index contributed by atoms with van der Waals surface area (Å²) >= 11 is 2.98. The summed E-state index contributed by atoms with van der Waals surface area (Å²) in [5.74, 6) is 0.102. The number of hydrogen-bond donors (Lipinski definition) is 2. The second-order valence-electron chi connectivity index (χ2n) is 6.29. The molecule has 0 spiro atoms. The maximum Gasteiger partial charge on any atom is 0.233 e. The lowest BCUT2D eigenvalue weighted by Gasteiger charge is -2.15. The van der Waals surface area contributed by atoms with Crippen molar-refractivity contribution in [2.24, 2.45) is 0 Å². The van der Waals surface area contributed by atoms with Crippen LogP contribution in [0.25, 0.3) is 0 Å². The second-order valence-corrected chi connectivity index (χ2v) is 8.85. The van der Waals surface area contributed by atoms with Crippen LogP contribution in [0.2, 0.25) is 0 Å². The summed E-state index contributed by atoms with van der Waals surface area (Å²) in [7, 11) is 0. The molecule has 1 amide bonds. The number of amides is 1. The van der Waals surface area contributed by atoms with Crippen LogP contribution in [-0.4, -0.2) is 33.9 Å². The molecule has 0 bridgehead atoms. The molecular weight excluding hydrogens is 352 g/mol. The van der Waals surface area contributed by atoms with Gasteiger partial charge in [-0.1, -0.05) is 66.3 Å². The first-order chi connectivity index (χ1) is 12.2. The van der Waals surface area contributed by atoms with E-state index in [0.29, 0.717) is 6.04 Å². The van der Waals surface area contributed by atoms with Gasteiger partial charge in [0.15, 0.2) is 4.34 Å². The molecule has 1 aromatic carbocycles. The highest BCUT2D eigenvalue weighted by Gasteiger charge is 2.22. The molecular formula is C18H24N4OS2. The smallest absolute Gasteiger partial charge is 0.233 e. The number of hydrogen-bond acceptors (Lipinski definition) is 6. The average molecular weight is 377 g/mol. The summed E-state index contributed by atoms with van der Waals surface area (Å²) in [6.07, 6.45) is 5.61. The standard InChI is InChI=1S/C18H24N4OS2/c1-13(16(23)20-15-9-5-6-10-15)24-18-22-21-17(25-18)19-12-11-14-7-3-2-4-8-14/h2-4,7-8,13,15H,5-6,9-12H2,1H3,(H,19,21)(H,20,23)/t13-/m1/s1. The van der Waals surface area contributed by atoms with E-state index in [1.807, 2.05) is 25.1 Å². The number of carbonyl (C=O) groups is 1. The number of anilines is 1. The minimum absolute atomic E-state index is 0.102. The Labute approximate surface area is 157 Å². The predicted molar refractivity (Wildman–Crippen MR) is 104 cm³/mol. The Balaban J connectivity index is 1.42. The molecule has 1 heterocycles. The van der Waals surface area contributed by atoms with Gasteiger partial charge < -0.3 is 10.6 Å². The lowest BCUT2D eigenvalue weighted by atomic mass is 10.2. The van der Waals surface area contributed by atoms with Crippen LogP contribution >= 0.6 is 23.1 Å². The number of carbonyl (C=O) groups excluding carboxylic acids is 1. The van der Waals surface area contributed by atoms with Crippen molar-refractivity contribution in [3.63, 3.8) is 0 Å². The Hall–Kier alpha value is -1.60. The van der Waals surface area contributed by atoms with Crippen LogP contribution in [-0.2, 0) is 11.2 Å². The van der Waals surface area contributed by atoms with Gasteiger partial charge in [-0.05, 0) is 31.7 Å². The molecule has 1 aliphatic carbocycles. The molecule has 7 heteroatoms. The van der Waals surface area contributed by atoms with Crippen LogP contribution in [0.4, 0.5) is 5.13 Å². The van der Waals surface area contributed by atoms with Crippen LogP contribution in [0.3, 0.4) is 0 Å². The van der Waals surface area contributed by atoms with Crippen LogP contribution < -0.4 is 10.6 Å². The maximum atomic E-state index is 12.2. The summed E-state index contributed by atoms with van der Waals surface area (Å²) in [5.41, 5.74) is 1.30. The largest absolute Gasteiger partial charge is 0.360 e. The van der Waals surface area contributed by atoms with Crippen molar-refractivity contribution in [2.45, 2.75) is 54.7 Å². The number of rotatable bonds is 8. The fourth-order valence-corrected chi connectivity index (χ4v) is 4.81. The highest BCUT2D eigenvalue weighted by Crippen LogP contribution is 2.29. The van der Waals surface area contributed by atoms with Gasteiger partial charge in [0.05, 0.1) is 5.25 Å². The van der Waals surface area contributed by atoms with Crippen molar-refractivity contribution in [1.82, 2.24) is 15.5 Å². The van der Waals surface area contributed by atoms with E-state index in [2.05, 4.69) is 33.0 Å². The van der Waals surface area contributed by atoms with Crippen molar-refractivity contribution in [3.05, 3.63) is 35.9 Å². The van der Waals surface area contributed by atoms with Gasteiger partial charge in [0.25, 0.3) is 0 Å². The first-order valence-electron chi connectivity index (χ1n) is 8.79. The summed E-state index contributed by atoms with van der Waals surface area (Å²) < 4.78 is 0.830. The third-order valence-electron chi connectivity index (χ3n) is 4.29. The number of benzene rings is 1. The van der Waals surface area contributed by atoms with Gasteiger partial charge in [-0.2, -0.15) is 0 Å². The Kier molecular flexibility index (Phi) is 6.69. The summed E-state index contributed by atoms with van der Waals surface area (Å²) in [5, 5.41) is 15.5. The molecule has 2 N–H and O–H groups in total. The van der Waals surface area contributed by atoms with Gasteiger partial charge in [0.1, 0.15) is 0 Å². The van der Waals surface area contributed by atoms with E-state index in [9.17, 15) is 4.79 Å². The number of nitrogens with zero attached hydrogens (tertiary/aromatic N) is 2. The van der Waals surface area contributed by atoms with Crippen LogP contribution in [0.15, 0.2) is 34.7 Å². The van der Waals surface area contributed by atoms with Crippen LogP contribution in [0.1, 0.15) is 38.2 Å². The Morgan fingerprint density at radius 3 is 2.80 bits per heavy atom. The van der Waals surface area contributed by atoms with Gasteiger partial charge >= 0.3 is 0 Å². The average Bonchev–Trinajstić information content (AvgIpc) is 3.28. The lowest BCUT2D eigenvalue weighted by molar-refractivity contribution is -0.120. The molecule has 1 aliphatic rings. The van der Waals surface area contributed by atoms with Crippen molar-refractivity contribution >= 4 is 34.1 Å². The quantitative estimate of drug-likeness (QED) is 0.687. The van der Waals surface area contributed by atoms with E-state index in [0.717, 1.165) is 35.3 Å². The monoisotopic (exact) mass is 376 g/mol. The molecule has 1 aromatic heterocycles. The molecule has 0 unspecified atom stereocenters. The molecule has 1 atom stereocenters. The predicted octanol–water partition coefficient (Wildman–Crippen LogP) is 3.73. The second kappa shape index (κ2) is 9.20. The third-order valence-corrected chi connectivity index (χ3v) is 6.35. The molecule has 5 nitrogen and oxygen atoms in total. The molecule has 2 aromatic rings. The number of thioether (sulfide) groups is 1. The van der Waals surface area contributed by atoms with E-state index in [-0.39, 0.29) is 11.2 Å². The molecule has 1 saturated carbocycles. The van der Waals surface area contributed by atoms with E-state index in [4.69, 9.17) is 0 Å². The van der Waals surface area contributed by atoms with Gasteiger partial charge in [0, 0.05) is 12.6 Å². The van der Waals surface area contributed by atoms with E-state index >= 15 is 0 Å². The highest BCUT2D eigenvalue weighted by molar-refractivity contribution is 8.02. The zero-order valence-electron chi connectivity index (χ0n) is 14.4. The molecule has 25 heavy (non-hydrogen) atoms. The topological polar surface area (TPSA) is 66.9 Å². The molecule has 3 rings (SSSR count). The molecule has 0 saturated heterocycles. The van der Waals surface area contributed by atoms with E-state index in [1.54, 1.807) is 0 Å². The lowest BCUT2D eigenvalue weighted by Crippen LogP contribution is -2.37. The summed E-state index contributed by atoms with van der Waals surface area (Å²) in [6.45, 7) is 2.75. The Morgan fingerprint density at radius 1 is 1.28 bits per heavy atom. The van der Waals surface area contributed by atoms with Crippen molar-refractivity contribution in [1.29, 1.82) is 0 Å². The van der Waals surface area contributed by atoms with Crippen molar-refractivity contribution < 1.29 is 4.79 Å². The fraction of sp³-hybridized carbons (Fsp3) is 0.500. The SMILES string of the molecule is C[C@@H](Sc1nnc(NCCc2ccccc2)s1)C(=O)NC1CCCC1. The fourth-order valence-electron chi connectivity index (χ4n) is 2.88. The zero-order valence-corrected chi connectivity index (χ0v) is 16.0. The van der Waals surface area contributed by atoms with Gasteiger partial charge in [-0.25, -0.2) is 0 Å². The van der Waals surface area contributed by atoms with Crippen molar-refractivity contribution in [2.75, 3.05) is 11.9 Å².